The number of hydrogen-bond donors (Lipinski definition) is 2. The van der Waals surface area contributed by atoms with Crippen molar-refractivity contribution in [3.8, 4) is 0 Å². The second-order valence-electron chi connectivity index (χ2n) is 6.74. The van der Waals surface area contributed by atoms with E-state index in [0.29, 0.717) is 23.5 Å². The summed E-state index contributed by atoms with van der Waals surface area (Å²) in [5.41, 5.74) is 1.98. The van der Waals surface area contributed by atoms with Gasteiger partial charge in [0.15, 0.2) is 5.43 Å². The van der Waals surface area contributed by atoms with E-state index in [9.17, 15) is 9.90 Å². The van der Waals surface area contributed by atoms with Gasteiger partial charge in [-0.05, 0) is 50.7 Å². The Kier molecular flexibility index (Phi) is 7.48. The fourth-order valence-electron chi connectivity index (χ4n) is 3.13. The molecule has 0 spiro atoms. The molecule has 0 saturated heterocycles. The predicted octanol–water partition coefficient (Wildman–Crippen LogP) is 4.52. The maximum atomic E-state index is 13.1. The molecule has 2 N–H and O–H groups in total. The van der Waals surface area contributed by atoms with E-state index < -0.39 is 0 Å². The quantitative estimate of drug-likeness (QED) is 0.568. The highest BCUT2D eigenvalue weighted by Gasteiger charge is 2.12. The Balaban J connectivity index is 0.00000261. The topological polar surface area (TPSA) is 52.6 Å². The molecule has 0 radical (unpaired) electrons. The van der Waals surface area contributed by atoms with Crippen LogP contribution in [0.1, 0.15) is 12.5 Å². The lowest BCUT2D eigenvalue weighted by atomic mass is 10.1. The number of hydrogen-bond acceptors (Lipinski definition) is 5. The predicted molar refractivity (Wildman–Crippen MR) is 120 cm³/mol. The standard InChI is InChI=1S/C20H23ClN2O2S.ClH/c1-12-4-7-16(22-8-9-23(3)11-13(2)24)18-19(25)15-6-5-14(21)10-17(15)26-20(12)18;/h4-7,10,13,22,24H,8-9,11H2,1-3H3;1H. The number of aryl methyl sites for hydroxylation is 1. The van der Waals surface area contributed by atoms with Crippen LogP contribution in [0.25, 0.3) is 20.2 Å². The summed E-state index contributed by atoms with van der Waals surface area (Å²) in [6.45, 7) is 5.90. The Hall–Kier alpha value is -1.37. The lowest BCUT2D eigenvalue weighted by Crippen LogP contribution is -2.31. The van der Waals surface area contributed by atoms with E-state index in [1.54, 1.807) is 30.4 Å². The first-order valence-corrected chi connectivity index (χ1v) is 9.82. The fourth-order valence-corrected chi connectivity index (χ4v) is 4.57. The zero-order chi connectivity index (χ0) is 18.8. The van der Waals surface area contributed by atoms with E-state index in [1.807, 2.05) is 32.2 Å². The van der Waals surface area contributed by atoms with Gasteiger partial charge in [0.2, 0.25) is 0 Å². The number of halogens is 2. The molecule has 7 heteroatoms. The Bertz CT molecular complexity index is 1000. The van der Waals surface area contributed by atoms with E-state index in [0.717, 1.165) is 32.6 Å². The first-order valence-electron chi connectivity index (χ1n) is 8.63. The van der Waals surface area contributed by atoms with Crippen molar-refractivity contribution in [3.63, 3.8) is 0 Å². The van der Waals surface area contributed by atoms with Crippen molar-refractivity contribution in [2.24, 2.45) is 0 Å². The lowest BCUT2D eigenvalue weighted by molar-refractivity contribution is 0.143. The summed E-state index contributed by atoms with van der Waals surface area (Å²) in [4.78, 5) is 15.2. The third-order valence-corrected chi connectivity index (χ3v) is 5.89. The number of nitrogens with one attached hydrogen (secondary N) is 1. The largest absolute Gasteiger partial charge is 0.392 e. The highest BCUT2D eigenvalue weighted by Crippen LogP contribution is 2.32. The monoisotopic (exact) mass is 426 g/mol. The molecule has 3 aromatic rings. The van der Waals surface area contributed by atoms with Crippen LogP contribution in [0.5, 0.6) is 0 Å². The summed E-state index contributed by atoms with van der Waals surface area (Å²) >= 11 is 7.70. The maximum Gasteiger partial charge on any atom is 0.197 e. The molecule has 1 heterocycles. The van der Waals surface area contributed by atoms with E-state index in [4.69, 9.17) is 11.6 Å². The number of aliphatic hydroxyl groups excluding tert-OH is 1. The molecule has 0 aliphatic carbocycles. The number of rotatable bonds is 6. The Morgan fingerprint density at radius 2 is 2.04 bits per heavy atom. The summed E-state index contributed by atoms with van der Waals surface area (Å²) in [5, 5.41) is 14.9. The van der Waals surface area contributed by atoms with Crippen LogP contribution in [-0.4, -0.2) is 42.8 Å². The molecule has 0 aliphatic heterocycles. The number of anilines is 1. The Morgan fingerprint density at radius 3 is 2.74 bits per heavy atom. The van der Waals surface area contributed by atoms with Gasteiger partial charge in [-0.25, -0.2) is 0 Å². The van der Waals surface area contributed by atoms with Gasteiger partial charge in [0.05, 0.1) is 11.5 Å². The van der Waals surface area contributed by atoms with Crippen LogP contribution in [0, 0.1) is 6.92 Å². The Labute approximate surface area is 174 Å². The van der Waals surface area contributed by atoms with Crippen LogP contribution in [0.3, 0.4) is 0 Å². The van der Waals surface area contributed by atoms with Gasteiger partial charge in [0.25, 0.3) is 0 Å². The molecular weight excluding hydrogens is 403 g/mol. The molecule has 0 bridgehead atoms. The molecule has 27 heavy (non-hydrogen) atoms. The number of aliphatic hydroxyl groups is 1. The second-order valence-corrected chi connectivity index (χ2v) is 8.23. The fraction of sp³-hybridized carbons (Fsp3) is 0.350. The maximum absolute atomic E-state index is 13.1. The van der Waals surface area contributed by atoms with Crippen molar-refractivity contribution in [1.82, 2.24) is 4.90 Å². The number of likely N-dealkylation sites (N-methyl/N-ethyl adjacent to an activating group) is 1. The molecule has 4 nitrogen and oxygen atoms in total. The molecule has 0 aliphatic rings. The molecule has 3 rings (SSSR count). The summed E-state index contributed by atoms with van der Waals surface area (Å²) < 4.78 is 1.90. The molecule has 2 aromatic carbocycles. The van der Waals surface area contributed by atoms with Crippen molar-refractivity contribution in [2.45, 2.75) is 20.0 Å². The second kappa shape index (κ2) is 9.22. The van der Waals surface area contributed by atoms with Crippen LogP contribution in [0.4, 0.5) is 5.69 Å². The first-order chi connectivity index (χ1) is 12.4. The number of fused-ring (bicyclic) bond motifs is 2. The minimum atomic E-state index is -0.353. The molecule has 1 atom stereocenters. The van der Waals surface area contributed by atoms with Gasteiger partial charge in [-0.15, -0.1) is 23.7 Å². The van der Waals surface area contributed by atoms with E-state index >= 15 is 0 Å². The SMILES string of the molecule is Cc1ccc(NCCN(C)CC(C)O)c2c(=O)c3ccc(Cl)cc3sc12.Cl. The first kappa shape index (κ1) is 21.9. The molecular formula is C20H24Cl2N2O2S. The zero-order valence-corrected chi connectivity index (χ0v) is 18.0. The normalized spacial score (nSPS) is 12.4. The van der Waals surface area contributed by atoms with Crippen LogP contribution < -0.4 is 10.7 Å². The van der Waals surface area contributed by atoms with Crippen LogP contribution in [-0.2, 0) is 0 Å². The average molecular weight is 427 g/mol. The summed E-state index contributed by atoms with van der Waals surface area (Å²) in [5.74, 6) is 0. The summed E-state index contributed by atoms with van der Waals surface area (Å²) in [6, 6.07) is 9.43. The number of benzene rings is 2. The average Bonchev–Trinajstić information content (AvgIpc) is 2.56. The third kappa shape index (κ3) is 4.92. The van der Waals surface area contributed by atoms with Crippen molar-refractivity contribution >= 4 is 61.2 Å². The summed E-state index contributed by atoms with van der Waals surface area (Å²) in [6.07, 6.45) is -0.353. The minimum Gasteiger partial charge on any atom is -0.392 e. The van der Waals surface area contributed by atoms with Gasteiger partial charge < -0.3 is 15.3 Å². The van der Waals surface area contributed by atoms with Crippen LogP contribution in [0.2, 0.25) is 5.02 Å². The van der Waals surface area contributed by atoms with Crippen molar-refractivity contribution < 1.29 is 5.11 Å². The van der Waals surface area contributed by atoms with Crippen molar-refractivity contribution in [1.29, 1.82) is 0 Å². The number of nitrogens with zero attached hydrogens (tertiary/aromatic N) is 1. The molecule has 0 saturated carbocycles. The smallest absolute Gasteiger partial charge is 0.197 e. The van der Waals surface area contributed by atoms with Crippen molar-refractivity contribution in [3.05, 3.63) is 51.1 Å². The molecule has 1 unspecified atom stereocenters. The third-order valence-electron chi connectivity index (χ3n) is 4.37. The van der Waals surface area contributed by atoms with Crippen LogP contribution in [0.15, 0.2) is 35.1 Å². The van der Waals surface area contributed by atoms with Gasteiger partial charge in [0.1, 0.15) is 0 Å². The van der Waals surface area contributed by atoms with Gasteiger partial charge >= 0.3 is 0 Å². The van der Waals surface area contributed by atoms with Crippen molar-refractivity contribution in [2.75, 3.05) is 32.0 Å². The lowest BCUT2D eigenvalue weighted by Gasteiger charge is -2.19. The van der Waals surface area contributed by atoms with E-state index in [-0.39, 0.29) is 23.9 Å². The van der Waals surface area contributed by atoms with Gasteiger partial charge in [-0.2, -0.15) is 0 Å². The molecule has 0 fully saturated rings. The molecule has 0 amide bonds. The highest BCUT2D eigenvalue weighted by atomic mass is 35.5. The molecule has 1 aromatic heterocycles. The van der Waals surface area contributed by atoms with E-state index in [2.05, 4.69) is 10.2 Å². The highest BCUT2D eigenvalue weighted by molar-refractivity contribution is 7.24. The minimum absolute atomic E-state index is 0. The zero-order valence-electron chi connectivity index (χ0n) is 15.6. The van der Waals surface area contributed by atoms with Gasteiger partial charge in [-0.1, -0.05) is 17.7 Å². The summed E-state index contributed by atoms with van der Waals surface area (Å²) in [7, 11) is 1.97. The Morgan fingerprint density at radius 1 is 1.30 bits per heavy atom. The van der Waals surface area contributed by atoms with Gasteiger partial charge in [-0.3, -0.25) is 4.79 Å². The van der Waals surface area contributed by atoms with Gasteiger partial charge in [0, 0.05) is 45.1 Å². The van der Waals surface area contributed by atoms with Crippen LogP contribution >= 0.6 is 35.3 Å². The van der Waals surface area contributed by atoms with E-state index in [1.165, 1.54) is 0 Å². The molecule has 146 valence electrons.